The molecule has 0 aromatic carbocycles. The summed E-state index contributed by atoms with van der Waals surface area (Å²) in [7, 11) is 5.32. The van der Waals surface area contributed by atoms with Crippen molar-refractivity contribution < 1.29 is 0 Å². The van der Waals surface area contributed by atoms with Crippen LogP contribution in [-0.2, 0) is 0 Å². The third kappa shape index (κ3) is 1.73. The van der Waals surface area contributed by atoms with Crippen molar-refractivity contribution >= 4 is 7.98 Å². The molecule has 0 spiro atoms. The van der Waals surface area contributed by atoms with Gasteiger partial charge in [0, 0.05) is 18.6 Å². The van der Waals surface area contributed by atoms with Gasteiger partial charge in [0.1, 0.15) is 0 Å². The number of hydrogen-bond donors (Lipinski definition) is 1. The van der Waals surface area contributed by atoms with Gasteiger partial charge in [-0.1, -0.05) is 0 Å². The summed E-state index contributed by atoms with van der Waals surface area (Å²) in [6.07, 6.45) is 1.19. The van der Waals surface area contributed by atoms with Crippen LogP contribution in [0.5, 0.6) is 0 Å². The van der Waals surface area contributed by atoms with Gasteiger partial charge in [0.05, 0.1) is 0 Å². The standard InChI is InChI=1S/C7H15BN2/c1-6(2)10-4-3-7(5-10)9-8/h6-7,9H,3-5H2,1-2H3/t7-/m0/s1. The molecule has 1 aliphatic rings. The fourth-order valence-electron chi connectivity index (χ4n) is 1.39. The number of nitrogens with zero attached hydrogens (tertiary/aromatic N) is 1. The second kappa shape index (κ2) is 3.40. The van der Waals surface area contributed by atoms with E-state index in [1.165, 1.54) is 13.0 Å². The van der Waals surface area contributed by atoms with E-state index in [0.29, 0.717) is 12.1 Å². The van der Waals surface area contributed by atoms with E-state index in [1.54, 1.807) is 0 Å². The molecule has 0 aliphatic carbocycles. The minimum Gasteiger partial charge on any atom is -0.363 e. The van der Waals surface area contributed by atoms with Crippen molar-refractivity contribution in [2.75, 3.05) is 13.1 Å². The van der Waals surface area contributed by atoms with Crippen molar-refractivity contribution in [2.45, 2.75) is 32.4 Å². The van der Waals surface area contributed by atoms with E-state index in [4.69, 9.17) is 7.98 Å². The SMILES string of the molecule is [B]N[C@H]1CCN(C(C)C)C1. The van der Waals surface area contributed by atoms with E-state index in [1.807, 2.05) is 0 Å². The number of rotatable bonds is 2. The zero-order valence-electron chi connectivity index (χ0n) is 6.80. The molecule has 2 nitrogen and oxygen atoms in total. The Morgan fingerprint density at radius 2 is 2.30 bits per heavy atom. The normalized spacial score (nSPS) is 28.1. The third-order valence-electron chi connectivity index (χ3n) is 2.19. The predicted octanol–water partition coefficient (Wildman–Crippen LogP) is 0.142. The van der Waals surface area contributed by atoms with Crippen LogP contribution in [-0.4, -0.2) is 38.1 Å². The van der Waals surface area contributed by atoms with Crippen LogP contribution < -0.4 is 5.23 Å². The summed E-state index contributed by atoms with van der Waals surface area (Å²) >= 11 is 0. The highest BCUT2D eigenvalue weighted by Crippen LogP contribution is 2.11. The first-order chi connectivity index (χ1) is 4.74. The summed E-state index contributed by atoms with van der Waals surface area (Å²) in [5, 5.41) is 2.81. The number of likely N-dealkylation sites (tertiary alicyclic amines) is 1. The van der Waals surface area contributed by atoms with Gasteiger partial charge >= 0.3 is 0 Å². The molecule has 0 unspecified atom stereocenters. The molecule has 0 aromatic rings. The van der Waals surface area contributed by atoms with Crippen molar-refractivity contribution in [3.8, 4) is 0 Å². The Morgan fingerprint density at radius 1 is 1.60 bits per heavy atom. The molecule has 0 amide bonds. The first-order valence-corrected chi connectivity index (χ1v) is 3.94. The van der Waals surface area contributed by atoms with Gasteiger partial charge in [-0.3, -0.25) is 4.90 Å². The Kier molecular flexibility index (Phi) is 2.75. The van der Waals surface area contributed by atoms with Crippen molar-refractivity contribution in [3.63, 3.8) is 0 Å². The molecule has 56 valence electrons. The smallest absolute Gasteiger partial charge is 0.178 e. The lowest BCUT2D eigenvalue weighted by molar-refractivity contribution is 0.271. The van der Waals surface area contributed by atoms with Crippen LogP contribution in [0.2, 0.25) is 0 Å². The van der Waals surface area contributed by atoms with Gasteiger partial charge in [-0.05, 0) is 26.8 Å². The van der Waals surface area contributed by atoms with Gasteiger partial charge in [-0.2, -0.15) is 0 Å². The molecule has 1 aliphatic heterocycles. The second-order valence-electron chi connectivity index (χ2n) is 3.24. The van der Waals surface area contributed by atoms with E-state index >= 15 is 0 Å². The van der Waals surface area contributed by atoms with Crippen LogP contribution in [0.4, 0.5) is 0 Å². The van der Waals surface area contributed by atoms with E-state index in [-0.39, 0.29) is 0 Å². The number of hydrogen-bond acceptors (Lipinski definition) is 2. The summed E-state index contributed by atoms with van der Waals surface area (Å²) < 4.78 is 0. The lowest BCUT2D eigenvalue weighted by Crippen LogP contribution is -2.33. The predicted molar refractivity (Wildman–Crippen MR) is 44.0 cm³/mol. The highest BCUT2D eigenvalue weighted by Gasteiger charge is 2.21. The Morgan fingerprint density at radius 3 is 2.60 bits per heavy atom. The van der Waals surface area contributed by atoms with Crippen molar-refractivity contribution in [2.24, 2.45) is 0 Å². The monoisotopic (exact) mass is 138 g/mol. The molecule has 3 heteroatoms. The van der Waals surface area contributed by atoms with Crippen molar-refractivity contribution in [3.05, 3.63) is 0 Å². The summed E-state index contributed by atoms with van der Waals surface area (Å²) in [5.41, 5.74) is 0. The topological polar surface area (TPSA) is 15.3 Å². The Labute approximate surface area is 64.4 Å². The van der Waals surface area contributed by atoms with Gasteiger partial charge in [-0.25, -0.2) is 0 Å². The van der Waals surface area contributed by atoms with E-state index in [2.05, 4.69) is 24.0 Å². The molecule has 1 saturated heterocycles. The van der Waals surface area contributed by atoms with Gasteiger partial charge in [-0.15, -0.1) is 0 Å². The molecular weight excluding hydrogens is 123 g/mol. The van der Waals surface area contributed by atoms with Crippen LogP contribution in [0.15, 0.2) is 0 Å². The molecule has 0 aromatic heterocycles. The average molecular weight is 138 g/mol. The molecule has 2 radical (unpaired) electrons. The fourth-order valence-corrected chi connectivity index (χ4v) is 1.39. The van der Waals surface area contributed by atoms with E-state index in [9.17, 15) is 0 Å². The fraction of sp³-hybridized carbons (Fsp3) is 1.00. The van der Waals surface area contributed by atoms with Crippen molar-refractivity contribution in [1.29, 1.82) is 0 Å². The quantitative estimate of drug-likeness (QED) is 0.546. The van der Waals surface area contributed by atoms with Gasteiger partial charge in [0.15, 0.2) is 7.98 Å². The summed E-state index contributed by atoms with van der Waals surface area (Å²) in [5.74, 6) is 0. The van der Waals surface area contributed by atoms with E-state index < -0.39 is 0 Å². The van der Waals surface area contributed by atoms with Crippen LogP contribution >= 0.6 is 0 Å². The minimum absolute atomic E-state index is 0.516. The number of nitrogens with one attached hydrogen (secondary N) is 1. The molecule has 1 heterocycles. The average Bonchev–Trinajstić information content (AvgIpc) is 2.34. The Bertz CT molecular complexity index is 106. The molecule has 1 N–H and O–H groups in total. The largest absolute Gasteiger partial charge is 0.363 e. The summed E-state index contributed by atoms with van der Waals surface area (Å²) in [6, 6.07) is 1.18. The van der Waals surface area contributed by atoms with E-state index in [0.717, 1.165) is 6.54 Å². The maximum atomic E-state index is 5.32. The zero-order valence-corrected chi connectivity index (χ0v) is 6.80. The Balaban J connectivity index is 2.28. The van der Waals surface area contributed by atoms with Gasteiger partial charge in [0.2, 0.25) is 0 Å². The molecule has 0 bridgehead atoms. The van der Waals surface area contributed by atoms with Crippen LogP contribution in [0.25, 0.3) is 0 Å². The summed E-state index contributed by atoms with van der Waals surface area (Å²) in [4.78, 5) is 2.44. The maximum Gasteiger partial charge on any atom is 0.178 e. The first-order valence-electron chi connectivity index (χ1n) is 3.94. The highest BCUT2D eigenvalue weighted by molar-refractivity contribution is 6.04. The second-order valence-corrected chi connectivity index (χ2v) is 3.24. The lowest BCUT2D eigenvalue weighted by Gasteiger charge is -2.19. The molecular formula is C7H15BN2. The van der Waals surface area contributed by atoms with Gasteiger partial charge < -0.3 is 5.23 Å². The molecule has 10 heavy (non-hydrogen) atoms. The van der Waals surface area contributed by atoms with Crippen molar-refractivity contribution in [1.82, 2.24) is 10.1 Å². The molecule has 0 saturated carbocycles. The molecule has 1 atom stereocenters. The van der Waals surface area contributed by atoms with Gasteiger partial charge in [0.25, 0.3) is 0 Å². The van der Waals surface area contributed by atoms with Crippen LogP contribution in [0, 0.1) is 0 Å². The lowest BCUT2D eigenvalue weighted by atomic mass is 10.2. The first kappa shape index (κ1) is 8.09. The zero-order chi connectivity index (χ0) is 7.56. The minimum atomic E-state index is 0.516. The third-order valence-corrected chi connectivity index (χ3v) is 2.19. The molecule has 1 rings (SSSR count). The highest BCUT2D eigenvalue weighted by atomic mass is 15.2. The maximum absolute atomic E-state index is 5.32. The van der Waals surface area contributed by atoms with Crippen LogP contribution in [0.1, 0.15) is 20.3 Å². The van der Waals surface area contributed by atoms with Crippen LogP contribution in [0.3, 0.4) is 0 Å². The Hall–Kier alpha value is -0.0151. The molecule has 1 fully saturated rings. The summed E-state index contributed by atoms with van der Waals surface area (Å²) in [6.45, 7) is 6.73.